The van der Waals surface area contributed by atoms with Crippen molar-refractivity contribution in [3.63, 3.8) is 0 Å². The first-order valence-corrected chi connectivity index (χ1v) is 8.01. The van der Waals surface area contributed by atoms with Gasteiger partial charge in [-0.15, -0.1) is 0 Å². The van der Waals surface area contributed by atoms with E-state index in [-0.39, 0.29) is 5.69 Å². The molecule has 0 saturated heterocycles. The lowest BCUT2D eigenvalue weighted by molar-refractivity contribution is 0.0992. The molecule has 0 bridgehead atoms. The lowest BCUT2D eigenvalue weighted by atomic mass is 10.3. The van der Waals surface area contributed by atoms with Crippen LogP contribution in [0.15, 0.2) is 41.8 Å². The lowest BCUT2D eigenvalue weighted by Gasteiger charge is -2.04. The van der Waals surface area contributed by atoms with Gasteiger partial charge in [0.2, 0.25) is 0 Å². The average Bonchev–Trinajstić information content (AvgIpc) is 2.89. The number of carbonyl (C=O) groups excluding carboxylic acids is 1. The zero-order chi connectivity index (χ0) is 16.2. The predicted molar refractivity (Wildman–Crippen MR) is 88.6 cm³/mol. The van der Waals surface area contributed by atoms with Crippen LogP contribution in [0.1, 0.15) is 10.5 Å². The minimum Gasteiger partial charge on any atom is -0.383 e. The van der Waals surface area contributed by atoms with Crippen molar-refractivity contribution >= 4 is 39.1 Å². The quantitative estimate of drug-likeness (QED) is 0.726. The van der Waals surface area contributed by atoms with Gasteiger partial charge < -0.3 is 9.30 Å². The molecule has 2 aromatic heterocycles. The molecule has 0 spiro atoms. The number of hydrogen-bond donors (Lipinski definition) is 0. The molecule has 0 fully saturated rings. The Kier molecular flexibility index (Phi) is 4.80. The summed E-state index contributed by atoms with van der Waals surface area (Å²) in [7, 11) is 1.63. The van der Waals surface area contributed by atoms with Gasteiger partial charge in [-0.25, -0.2) is 4.98 Å². The Bertz CT molecular complexity index is 905. The van der Waals surface area contributed by atoms with Gasteiger partial charge in [-0.05, 0) is 18.2 Å². The first-order chi connectivity index (χ1) is 11.2. The van der Waals surface area contributed by atoms with Crippen molar-refractivity contribution in [2.75, 3.05) is 13.7 Å². The molecule has 0 unspecified atom stereocenters. The van der Waals surface area contributed by atoms with Crippen LogP contribution in [-0.2, 0) is 11.3 Å². The number of halogens is 1. The molecule has 0 radical (unpaired) electrons. The monoisotopic (exact) mass is 348 g/mol. The molecule has 1 amide bonds. The number of nitrogens with zero attached hydrogens (tertiary/aromatic N) is 4. The van der Waals surface area contributed by atoms with Crippen molar-refractivity contribution in [1.29, 1.82) is 0 Å². The SMILES string of the molecule is COCCn1c(=NC(=O)c2cnccn2)sc2cc(Cl)ccc21. The van der Waals surface area contributed by atoms with Crippen molar-refractivity contribution in [3.8, 4) is 0 Å². The van der Waals surface area contributed by atoms with Crippen LogP contribution in [0.2, 0.25) is 5.02 Å². The molecule has 0 saturated carbocycles. The second kappa shape index (κ2) is 6.99. The molecule has 0 atom stereocenters. The number of amides is 1. The normalized spacial score (nSPS) is 12.0. The Morgan fingerprint density at radius 2 is 2.30 bits per heavy atom. The summed E-state index contributed by atoms with van der Waals surface area (Å²) in [6, 6.07) is 5.58. The van der Waals surface area contributed by atoms with Gasteiger partial charge in [0.1, 0.15) is 5.69 Å². The summed E-state index contributed by atoms with van der Waals surface area (Å²) in [6.45, 7) is 1.10. The van der Waals surface area contributed by atoms with Crippen LogP contribution in [0.5, 0.6) is 0 Å². The van der Waals surface area contributed by atoms with Crippen LogP contribution in [0, 0.1) is 0 Å². The number of ether oxygens (including phenoxy) is 1. The van der Waals surface area contributed by atoms with Gasteiger partial charge in [0.05, 0.1) is 23.0 Å². The van der Waals surface area contributed by atoms with Gasteiger partial charge in [-0.3, -0.25) is 9.78 Å². The molecule has 0 aliphatic heterocycles. The second-order valence-corrected chi connectivity index (χ2v) is 6.09. The summed E-state index contributed by atoms with van der Waals surface area (Å²) in [5.41, 5.74) is 1.17. The van der Waals surface area contributed by atoms with Gasteiger partial charge in [0.25, 0.3) is 5.91 Å². The second-order valence-electron chi connectivity index (χ2n) is 4.65. The summed E-state index contributed by atoms with van der Waals surface area (Å²) in [6.07, 6.45) is 4.37. The molecular formula is C15H13ClN4O2S. The summed E-state index contributed by atoms with van der Waals surface area (Å²) >= 11 is 7.44. The summed E-state index contributed by atoms with van der Waals surface area (Å²) in [4.78, 5) is 24.9. The van der Waals surface area contributed by atoms with E-state index in [4.69, 9.17) is 16.3 Å². The predicted octanol–water partition coefficient (Wildman–Crippen LogP) is 2.53. The summed E-state index contributed by atoms with van der Waals surface area (Å²) < 4.78 is 8.04. The number of rotatable bonds is 4. The summed E-state index contributed by atoms with van der Waals surface area (Å²) in [5, 5.41) is 0.643. The molecule has 3 rings (SSSR count). The Hall–Kier alpha value is -2.09. The maximum atomic E-state index is 12.3. The smallest absolute Gasteiger partial charge is 0.299 e. The van der Waals surface area contributed by atoms with Gasteiger partial charge in [0, 0.05) is 31.1 Å². The fourth-order valence-corrected chi connectivity index (χ4v) is 3.42. The minimum atomic E-state index is -0.429. The van der Waals surface area contributed by atoms with Crippen LogP contribution in [0.4, 0.5) is 0 Å². The molecule has 0 aliphatic rings. The van der Waals surface area contributed by atoms with E-state index >= 15 is 0 Å². The van der Waals surface area contributed by atoms with Crippen molar-refractivity contribution in [2.45, 2.75) is 6.54 Å². The van der Waals surface area contributed by atoms with E-state index in [0.29, 0.717) is 23.0 Å². The van der Waals surface area contributed by atoms with Crippen LogP contribution < -0.4 is 4.80 Å². The highest BCUT2D eigenvalue weighted by Gasteiger charge is 2.10. The molecule has 3 aromatic rings. The van der Waals surface area contributed by atoms with Crippen LogP contribution in [0.25, 0.3) is 10.2 Å². The molecule has 1 aromatic carbocycles. The summed E-state index contributed by atoms with van der Waals surface area (Å²) in [5.74, 6) is -0.429. The highest BCUT2D eigenvalue weighted by molar-refractivity contribution is 7.16. The number of thiazole rings is 1. The highest BCUT2D eigenvalue weighted by Crippen LogP contribution is 2.21. The topological polar surface area (TPSA) is 69.4 Å². The number of methoxy groups -OCH3 is 1. The molecule has 118 valence electrons. The zero-order valence-electron chi connectivity index (χ0n) is 12.3. The third-order valence-electron chi connectivity index (χ3n) is 3.14. The van der Waals surface area contributed by atoms with E-state index in [9.17, 15) is 4.79 Å². The molecule has 8 heteroatoms. The maximum absolute atomic E-state index is 12.3. The van der Waals surface area contributed by atoms with E-state index in [1.54, 1.807) is 7.11 Å². The first kappa shape index (κ1) is 15.8. The third-order valence-corrected chi connectivity index (χ3v) is 4.42. The fraction of sp³-hybridized carbons (Fsp3) is 0.200. The maximum Gasteiger partial charge on any atom is 0.299 e. The van der Waals surface area contributed by atoms with E-state index in [2.05, 4.69) is 15.0 Å². The number of fused-ring (bicyclic) bond motifs is 1. The Morgan fingerprint density at radius 1 is 1.43 bits per heavy atom. The molecule has 23 heavy (non-hydrogen) atoms. The van der Waals surface area contributed by atoms with Gasteiger partial charge >= 0.3 is 0 Å². The zero-order valence-corrected chi connectivity index (χ0v) is 13.8. The number of carbonyl (C=O) groups is 1. The van der Waals surface area contributed by atoms with E-state index in [1.165, 1.54) is 29.9 Å². The molecular weight excluding hydrogens is 336 g/mol. The largest absolute Gasteiger partial charge is 0.383 e. The molecule has 6 nitrogen and oxygen atoms in total. The van der Waals surface area contributed by atoms with E-state index < -0.39 is 5.91 Å². The minimum absolute atomic E-state index is 0.210. The Labute approximate surface area is 141 Å². The number of hydrogen-bond acceptors (Lipinski definition) is 5. The van der Waals surface area contributed by atoms with Crippen molar-refractivity contribution in [2.24, 2.45) is 4.99 Å². The molecule has 0 N–H and O–H groups in total. The standard InChI is InChI=1S/C15H13ClN4O2S/c1-22-7-6-20-12-3-2-10(16)8-13(12)23-15(20)19-14(21)11-9-17-4-5-18-11/h2-5,8-9H,6-7H2,1H3. The number of benzene rings is 1. The van der Waals surface area contributed by atoms with Gasteiger partial charge in [-0.2, -0.15) is 4.99 Å². The Morgan fingerprint density at radius 3 is 3.04 bits per heavy atom. The van der Waals surface area contributed by atoms with Gasteiger partial charge in [0.15, 0.2) is 4.80 Å². The van der Waals surface area contributed by atoms with Crippen LogP contribution in [-0.4, -0.2) is 34.2 Å². The van der Waals surface area contributed by atoms with Crippen LogP contribution >= 0.6 is 22.9 Å². The average molecular weight is 349 g/mol. The van der Waals surface area contributed by atoms with E-state index in [1.807, 2.05) is 22.8 Å². The van der Waals surface area contributed by atoms with Crippen molar-refractivity contribution in [3.05, 3.63) is 52.3 Å². The third kappa shape index (κ3) is 3.47. The highest BCUT2D eigenvalue weighted by atomic mass is 35.5. The lowest BCUT2D eigenvalue weighted by Crippen LogP contribution is -2.19. The fourth-order valence-electron chi connectivity index (χ4n) is 2.08. The van der Waals surface area contributed by atoms with Crippen molar-refractivity contribution in [1.82, 2.24) is 14.5 Å². The van der Waals surface area contributed by atoms with Crippen molar-refractivity contribution < 1.29 is 9.53 Å². The number of aromatic nitrogens is 3. The van der Waals surface area contributed by atoms with E-state index in [0.717, 1.165) is 10.2 Å². The van der Waals surface area contributed by atoms with Gasteiger partial charge in [-0.1, -0.05) is 22.9 Å². The molecule has 0 aliphatic carbocycles. The first-order valence-electron chi connectivity index (χ1n) is 6.82. The Balaban J connectivity index is 2.11. The van der Waals surface area contributed by atoms with Crippen LogP contribution in [0.3, 0.4) is 0 Å². The molecule has 2 heterocycles.